The maximum atomic E-state index is 11.6. The summed E-state index contributed by atoms with van der Waals surface area (Å²) in [5.41, 5.74) is 0. The summed E-state index contributed by atoms with van der Waals surface area (Å²) in [5.74, 6) is 0.143. The van der Waals surface area contributed by atoms with Crippen LogP contribution in [0.2, 0.25) is 0 Å². The van der Waals surface area contributed by atoms with E-state index >= 15 is 0 Å². The average molecular weight is 257 g/mol. The van der Waals surface area contributed by atoms with Crippen LogP contribution in [0.3, 0.4) is 0 Å². The van der Waals surface area contributed by atoms with Crippen molar-refractivity contribution in [3.8, 4) is 0 Å². The Balaban J connectivity index is 2.57. The second-order valence-corrected chi connectivity index (χ2v) is 4.77. The first-order valence-electron chi connectivity index (χ1n) is 6.00. The first-order valence-corrected chi connectivity index (χ1v) is 6.99. The third-order valence-corrected chi connectivity index (χ3v) is 3.45. The Labute approximate surface area is 106 Å². The largest absolute Gasteiger partial charge is 0.463 e. The van der Waals surface area contributed by atoms with Crippen molar-refractivity contribution >= 4 is 23.6 Å². The number of hydrogen-bond acceptors (Lipinski definition) is 4. The summed E-state index contributed by atoms with van der Waals surface area (Å²) >= 11 is 1.41. The summed E-state index contributed by atoms with van der Waals surface area (Å²) in [6.07, 6.45) is 4.61. The molecule has 0 spiro atoms. The van der Waals surface area contributed by atoms with E-state index in [1.54, 1.807) is 11.8 Å². The van der Waals surface area contributed by atoms with Gasteiger partial charge in [-0.05, 0) is 13.3 Å². The van der Waals surface area contributed by atoms with Crippen LogP contribution in [0.1, 0.15) is 33.1 Å². The molecule has 0 unspecified atom stereocenters. The Bertz CT molecular complexity index is 315. The Morgan fingerprint density at radius 2 is 2.24 bits per heavy atom. The lowest BCUT2D eigenvalue weighted by atomic mass is 10.2. The van der Waals surface area contributed by atoms with E-state index in [0.29, 0.717) is 18.9 Å². The molecule has 0 saturated carbocycles. The average Bonchev–Trinajstić information content (AvgIpc) is 2.62. The van der Waals surface area contributed by atoms with E-state index < -0.39 is 0 Å². The molecule has 0 aromatic carbocycles. The predicted molar refractivity (Wildman–Crippen MR) is 68.4 cm³/mol. The number of rotatable bonds is 6. The fraction of sp³-hybridized carbons (Fsp3) is 0.667. The molecule has 1 fully saturated rings. The minimum Gasteiger partial charge on any atom is -0.463 e. The van der Waals surface area contributed by atoms with Crippen molar-refractivity contribution in [1.29, 1.82) is 0 Å². The molecule has 1 aliphatic heterocycles. The van der Waals surface area contributed by atoms with Gasteiger partial charge in [-0.3, -0.25) is 4.79 Å². The zero-order valence-electron chi connectivity index (χ0n) is 10.4. The minimum atomic E-state index is -0.370. The molecule has 0 bridgehead atoms. The quantitative estimate of drug-likeness (QED) is 0.415. The number of carbonyl (C=O) groups excluding carboxylic acids is 2. The van der Waals surface area contributed by atoms with Gasteiger partial charge in [-0.2, -0.15) is 0 Å². The van der Waals surface area contributed by atoms with E-state index in [1.807, 2.05) is 0 Å². The molecule has 1 rings (SSSR count). The molecular formula is C12H19NO3S. The van der Waals surface area contributed by atoms with Crippen molar-refractivity contribution in [3.63, 3.8) is 0 Å². The summed E-state index contributed by atoms with van der Waals surface area (Å²) < 4.78 is 4.85. The molecule has 0 N–H and O–H groups in total. The third-order valence-electron chi connectivity index (χ3n) is 2.42. The summed E-state index contributed by atoms with van der Waals surface area (Å²) in [5, 5.41) is 0.726. The maximum Gasteiger partial charge on any atom is 0.333 e. The van der Waals surface area contributed by atoms with Crippen molar-refractivity contribution in [2.75, 3.05) is 18.9 Å². The molecule has 1 heterocycles. The van der Waals surface area contributed by atoms with Crippen LogP contribution in [0, 0.1) is 0 Å². The maximum absolute atomic E-state index is 11.6. The number of carbonyl (C=O) groups is 2. The number of ether oxygens (including phenoxy) is 1. The van der Waals surface area contributed by atoms with Crippen LogP contribution in [0.15, 0.2) is 11.1 Å². The highest BCUT2D eigenvalue weighted by molar-refractivity contribution is 8.04. The van der Waals surface area contributed by atoms with Gasteiger partial charge in [0.15, 0.2) is 0 Å². The first-order chi connectivity index (χ1) is 8.19. The van der Waals surface area contributed by atoms with E-state index in [4.69, 9.17) is 4.74 Å². The molecule has 1 aliphatic rings. The van der Waals surface area contributed by atoms with Gasteiger partial charge in [-0.15, -0.1) is 0 Å². The van der Waals surface area contributed by atoms with Gasteiger partial charge in [-0.25, -0.2) is 4.79 Å². The summed E-state index contributed by atoms with van der Waals surface area (Å²) in [4.78, 5) is 24.7. The van der Waals surface area contributed by atoms with Crippen LogP contribution >= 0.6 is 11.8 Å². The molecule has 1 saturated heterocycles. The van der Waals surface area contributed by atoms with E-state index in [1.165, 1.54) is 17.8 Å². The Morgan fingerprint density at radius 3 is 2.88 bits per heavy atom. The van der Waals surface area contributed by atoms with Gasteiger partial charge >= 0.3 is 5.97 Å². The molecule has 5 heteroatoms. The van der Waals surface area contributed by atoms with E-state index in [-0.39, 0.29) is 11.9 Å². The second kappa shape index (κ2) is 7.37. The highest BCUT2D eigenvalue weighted by Crippen LogP contribution is 2.29. The fourth-order valence-corrected chi connectivity index (χ4v) is 2.53. The molecule has 0 aliphatic carbocycles. The van der Waals surface area contributed by atoms with Crippen LogP contribution in [0.5, 0.6) is 0 Å². The third kappa shape index (κ3) is 4.42. The highest BCUT2D eigenvalue weighted by Gasteiger charge is 2.26. The van der Waals surface area contributed by atoms with Crippen molar-refractivity contribution in [1.82, 2.24) is 4.90 Å². The normalized spacial score (nSPS) is 17.9. The zero-order valence-corrected chi connectivity index (χ0v) is 11.2. The monoisotopic (exact) mass is 257 g/mol. The highest BCUT2D eigenvalue weighted by atomic mass is 32.2. The van der Waals surface area contributed by atoms with Gasteiger partial charge in [0.2, 0.25) is 5.91 Å². The van der Waals surface area contributed by atoms with E-state index in [9.17, 15) is 9.59 Å². The molecule has 0 aromatic rings. The van der Waals surface area contributed by atoms with E-state index in [2.05, 4.69) is 6.92 Å². The molecule has 0 radical (unpaired) electrons. The standard InChI is InChI=1S/C12H19NO3S/c1-3-5-6-7-13-10(14)9-17-11(13)8-12(15)16-4-2/h8H,3-7,9H2,1-2H3. The van der Waals surface area contributed by atoms with Gasteiger partial charge in [0.25, 0.3) is 0 Å². The van der Waals surface area contributed by atoms with E-state index in [0.717, 1.165) is 24.3 Å². The number of amides is 1. The summed E-state index contributed by atoms with van der Waals surface area (Å²) in [6, 6.07) is 0. The van der Waals surface area contributed by atoms with Gasteiger partial charge < -0.3 is 9.64 Å². The summed E-state index contributed by atoms with van der Waals surface area (Å²) in [6.45, 7) is 4.94. The van der Waals surface area contributed by atoms with Crippen molar-refractivity contribution in [2.45, 2.75) is 33.1 Å². The van der Waals surface area contributed by atoms with Gasteiger partial charge in [0, 0.05) is 6.54 Å². The molecule has 0 atom stereocenters. The number of nitrogens with zero attached hydrogens (tertiary/aromatic N) is 1. The predicted octanol–water partition coefficient (Wildman–Crippen LogP) is 2.16. The second-order valence-electron chi connectivity index (χ2n) is 3.78. The van der Waals surface area contributed by atoms with Gasteiger partial charge in [-0.1, -0.05) is 31.5 Å². The number of esters is 1. The smallest absolute Gasteiger partial charge is 0.333 e. The lowest BCUT2D eigenvalue weighted by Gasteiger charge is -2.16. The van der Waals surface area contributed by atoms with Crippen LogP contribution in [-0.4, -0.2) is 35.7 Å². The SMILES string of the molecule is CCCCCN1C(=O)CSC1=CC(=O)OCC. The van der Waals surface area contributed by atoms with Crippen LogP contribution in [-0.2, 0) is 14.3 Å². The Kier molecular flexibility index (Phi) is 6.11. The molecular weight excluding hydrogens is 238 g/mol. The Morgan fingerprint density at radius 1 is 1.47 bits per heavy atom. The zero-order chi connectivity index (χ0) is 12.7. The van der Waals surface area contributed by atoms with Crippen LogP contribution in [0.4, 0.5) is 0 Å². The fourth-order valence-electron chi connectivity index (χ4n) is 1.57. The molecule has 1 amide bonds. The summed E-state index contributed by atoms with van der Waals surface area (Å²) in [7, 11) is 0. The molecule has 96 valence electrons. The topological polar surface area (TPSA) is 46.6 Å². The molecule has 0 aromatic heterocycles. The Hall–Kier alpha value is -0.970. The van der Waals surface area contributed by atoms with Crippen LogP contribution in [0.25, 0.3) is 0 Å². The van der Waals surface area contributed by atoms with Gasteiger partial charge in [0.05, 0.1) is 23.5 Å². The van der Waals surface area contributed by atoms with Gasteiger partial charge in [0.1, 0.15) is 0 Å². The first kappa shape index (κ1) is 14.1. The van der Waals surface area contributed by atoms with Crippen molar-refractivity contribution in [3.05, 3.63) is 11.1 Å². The number of thioether (sulfide) groups is 1. The molecule has 4 nitrogen and oxygen atoms in total. The lowest BCUT2D eigenvalue weighted by Crippen LogP contribution is -2.26. The number of unbranched alkanes of at least 4 members (excludes halogenated alkanes) is 2. The minimum absolute atomic E-state index is 0.0849. The van der Waals surface area contributed by atoms with Crippen molar-refractivity contribution in [2.24, 2.45) is 0 Å². The van der Waals surface area contributed by atoms with Crippen LogP contribution < -0.4 is 0 Å². The lowest BCUT2D eigenvalue weighted by molar-refractivity contribution is -0.137. The molecule has 17 heavy (non-hydrogen) atoms. The van der Waals surface area contributed by atoms with Crippen molar-refractivity contribution < 1.29 is 14.3 Å². The number of hydrogen-bond donors (Lipinski definition) is 0.